The number of oxazole rings is 1. The third kappa shape index (κ3) is 5.39. The number of hydrogen-bond donors (Lipinski definition) is 1. The molecular weight excluding hydrogens is 468 g/mol. The summed E-state index contributed by atoms with van der Waals surface area (Å²) in [5.74, 6) is -0.181. The number of fused-ring (bicyclic) bond motifs is 1. The maximum absolute atomic E-state index is 12.9. The first-order valence-electron chi connectivity index (χ1n) is 11.4. The van der Waals surface area contributed by atoms with Gasteiger partial charge in [-0.15, -0.1) is 12.4 Å². The van der Waals surface area contributed by atoms with E-state index in [4.69, 9.17) is 9.15 Å². The molecule has 9 heteroatoms. The lowest BCUT2D eigenvalue weighted by molar-refractivity contribution is -0.118. The van der Waals surface area contributed by atoms with Crippen molar-refractivity contribution in [3.63, 3.8) is 0 Å². The fourth-order valence-corrected chi connectivity index (χ4v) is 4.13. The fraction of sp³-hybridized carbons (Fsp3) is 0.269. The number of anilines is 1. The van der Waals surface area contributed by atoms with Gasteiger partial charge in [-0.1, -0.05) is 24.3 Å². The molecule has 35 heavy (non-hydrogen) atoms. The molecule has 2 aromatic heterocycles. The average molecular weight is 495 g/mol. The Hall–Kier alpha value is -3.62. The van der Waals surface area contributed by atoms with Gasteiger partial charge in [-0.3, -0.25) is 9.36 Å². The molecule has 1 aliphatic heterocycles. The van der Waals surface area contributed by atoms with Gasteiger partial charge in [-0.2, -0.15) is 0 Å². The normalized spacial score (nSPS) is 13.9. The minimum atomic E-state index is -0.564. The molecule has 182 valence electrons. The van der Waals surface area contributed by atoms with Crippen LogP contribution in [0.5, 0.6) is 5.88 Å². The number of piperidine rings is 1. The molecule has 1 amide bonds. The fourth-order valence-electron chi connectivity index (χ4n) is 4.13. The van der Waals surface area contributed by atoms with Crippen molar-refractivity contribution in [1.82, 2.24) is 14.9 Å². The highest BCUT2D eigenvalue weighted by Gasteiger charge is 2.18. The van der Waals surface area contributed by atoms with Gasteiger partial charge in [-0.05, 0) is 61.8 Å². The summed E-state index contributed by atoms with van der Waals surface area (Å²) >= 11 is 0. The van der Waals surface area contributed by atoms with E-state index in [9.17, 15) is 9.59 Å². The van der Waals surface area contributed by atoms with Crippen molar-refractivity contribution in [3.05, 3.63) is 77.4 Å². The highest BCUT2D eigenvalue weighted by molar-refractivity contribution is 5.93. The van der Waals surface area contributed by atoms with Crippen LogP contribution in [0.15, 0.2) is 76.1 Å². The Balaban J connectivity index is 0.00000289. The van der Waals surface area contributed by atoms with E-state index < -0.39 is 5.76 Å². The van der Waals surface area contributed by atoms with E-state index >= 15 is 0 Å². The largest absolute Gasteiger partial charge is 0.474 e. The number of nitrogens with zero attached hydrogens (tertiary/aromatic N) is 3. The lowest BCUT2D eigenvalue weighted by Crippen LogP contribution is -2.34. The zero-order chi connectivity index (χ0) is 23.5. The number of hydrogen-bond acceptors (Lipinski definition) is 6. The number of rotatable bonds is 6. The van der Waals surface area contributed by atoms with Crippen molar-refractivity contribution in [3.8, 4) is 17.0 Å². The van der Waals surface area contributed by atoms with E-state index in [0.717, 1.165) is 42.7 Å². The Kier molecular flexibility index (Phi) is 7.53. The van der Waals surface area contributed by atoms with Gasteiger partial charge >= 0.3 is 5.76 Å². The van der Waals surface area contributed by atoms with Gasteiger partial charge in [0.2, 0.25) is 11.8 Å². The number of para-hydroxylation sites is 1. The lowest BCUT2D eigenvalue weighted by atomic mass is 10.1. The Bertz CT molecular complexity index is 1350. The molecule has 2 aromatic carbocycles. The molecule has 1 aliphatic rings. The molecule has 0 saturated carbocycles. The summed E-state index contributed by atoms with van der Waals surface area (Å²) in [6.07, 6.45) is 3.88. The molecule has 0 aliphatic carbocycles. The van der Waals surface area contributed by atoms with Gasteiger partial charge in [0.15, 0.2) is 5.58 Å². The Morgan fingerprint density at radius 2 is 1.86 bits per heavy atom. The smallest absolute Gasteiger partial charge is 0.420 e. The van der Waals surface area contributed by atoms with Crippen molar-refractivity contribution in [1.29, 1.82) is 0 Å². The number of carbonyl (C=O) groups is 1. The van der Waals surface area contributed by atoms with Crippen molar-refractivity contribution >= 4 is 35.1 Å². The summed E-state index contributed by atoms with van der Waals surface area (Å²) in [5, 5.41) is 3.32. The second-order valence-corrected chi connectivity index (χ2v) is 8.38. The van der Waals surface area contributed by atoms with Crippen molar-refractivity contribution in [2.24, 2.45) is 0 Å². The molecule has 1 saturated heterocycles. The summed E-state index contributed by atoms with van der Waals surface area (Å²) in [5.41, 5.74) is 3.50. The Labute approximate surface area is 208 Å². The van der Waals surface area contributed by atoms with Crippen LogP contribution in [-0.2, 0) is 11.3 Å². The van der Waals surface area contributed by atoms with Crippen LogP contribution in [-0.4, -0.2) is 41.7 Å². The van der Waals surface area contributed by atoms with Crippen LogP contribution in [0, 0.1) is 0 Å². The number of aromatic nitrogens is 2. The number of pyridine rings is 1. The van der Waals surface area contributed by atoms with Gasteiger partial charge in [0.05, 0.1) is 5.52 Å². The quantitative estimate of drug-likeness (QED) is 0.437. The van der Waals surface area contributed by atoms with Crippen LogP contribution in [0.1, 0.15) is 12.8 Å². The minimum Gasteiger partial charge on any atom is -0.474 e. The van der Waals surface area contributed by atoms with Crippen LogP contribution < -0.4 is 20.7 Å². The third-order valence-electron chi connectivity index (χ3n) is 6.12. The summed E-state index contributed by atoms with van der Waals surface area (Å²) < 4.78 is 12.7. The van der Waals surface area contributed by atoms with E-state index in [1.165, 1.54) is 9.47 Å². The summed E-state index contributed by atoms with van der Waals surface area (Å²) in [7, 11) is 1.69. The van der Waals surface area contributed by atoms with Crippen LogP contribution in [0.3, 0.4) is 0 Å². The second kappa shape index (κ2) is 10.8. The molecular formula is C26H27ClN4O4. The van der Waals surface area contributed by atoms with Crippen LogP contribution >= 0.6 is 12.4 Å². The van der Waals surface area contributed by atoms with E-state index in [2.05, 4.69) is 10.3 Å². The number of halogens is 1. The molecule has 4 aromatic rings. The first kappa shape index (κ1) is 24.5. The topological polar surface area (TPSA) is 89.6 Å². The molecule has 1 fully saturated rings. The number of nitrogens with one attached hydrogen (secondary N) is 1. The Morgan fingerprint density at radius 3 is 2.57 bits per heavy atom. The number of ether oxygens (including phenoxy) is 1. The number of benzene rings is 2. The van der Waals surface area contributed by atoms with Crippen LogP contribution in [0.25, 0.3) is 22.2 Å². The third-order valence-corrected chi connectivity index (χ3v) is 6.12. The molecule has 0 bridgehead atoms. The maximum atomic E-state index is 12.9. The molecule has 8 nitrogen and oxygen atoms in total. The first-order valence-corrected chi connectivity index (χ1v) is 11.4. The zero-order valence-electron chi connectivity index (χ0n) is 19.3. The maximum Gasteiger partial charge on any atom is 0.420 e. The molecule has 5 rings (SSSR count). The van der Waals surface area contributed by atoms with Crippen molar-refractivity contribution in [2.45, 2.75) is 25.5 Å². The lowest BCUT2D eigenvalue weighted by Gasteiger charge is -2.23. The number of likely N-dealkylation sites (N-methyl/N-ethyl adjacent to an activating group) is 1. The molecule has 3 heterocycles. The van der Waals surface area contributed by atoms with E-state index in [-0.39, 0.29) is 31.0 Å². The summed E-state index contributed by atoms with van der Waals surface area (Å²) in [4.78, 5) is 31.4. The highest BCUT2D eigenvalue weighted by Crippen LogP contribution is 2.26. The SMILES string of the molecule is CN(C(=O)Cn1c(=O)oc2ccc(-c3ccc(OC4CCNCC4)nc3)cc21)c1ccccc1.Cl. The summed E-state index contributed by atoms with van der Waals surface area (Å²) in [6, 6.07) is 18.6. The van der Waals surface area contributed by atoms with E-state index in [0.29, 0.717) is 17.0 Å². The number of carbonyl (C=O) groups excluding carboxylic acids is 1. The monoisotopic (exact) mass is 494 g/mol. The molecule has 0 radical (unpaired) electrons. The van der Waals surface area contributed by atoms with Gasteiger partial charge in [0, 0.05) is 30.6 Å². The predicted octanol–water partition coefficient (Wildman–Crippen LogP) is 3.87. The van der Waals surface area contributed by atoms with Gasteiger partial charge < -0.3 is 19.4 Å². The average Bonchev–Trinajstić information content (AvgIpc) is 3.19. The van der Waals surface area contributed by atoms with Gasteiger partial charge in [0.25, 0.3) is 0 Å². The van der Waals surface area contributed by atoms with Crippen LogP contribution in [0.2, 0.25) is 0 Å². The van der Waals surface area contributed by atoms with Crippen LogP contribution in [0.4, 0.5) is 5.69 Å². The zero-order valence-corrected chi connectivity index (χ0v) is 20.2. The van der Waals surface area contributed by atoms with Gasteiger partial charge in [0.1, 0.15) is 12.6 Å². The first-order chi connectivity index (χ1) is 16.6. The Morgan fingerprint density at radius 1 is 1.11 bits per heavy atom. The second-order valence-electron chi connectivity index (χ2n) is 8.38. The van der Waals surface area contributed by atoms with Crippen molar-refractivity contribution in [2.75, 3.05) is 25.0 Å². The molecule has 0 spiro atoms. The predicted molar refractivity (Wildman–Crippen MR) is 137 cm³/mol. The van der Waals surface area contributed by atoms with E-state index in [1.807, 2.05) is 54.6 Å². The van der Waals surface area contributed by atoms with E-state index in [1.54, 1.807) is 19.3 Å². The standard InChI is InChI=1S/C26H26N4O4.ClH/c1-29(20-5-3-2-4-6-20)25(31)17-30-22-15-18(7-9-23(22)34-26(30)32)19-8-10-24(28-16-19)33-21-11-13-27-14-12-21;/h2-10,15-16,21,27H,11-14,17H2,1H3;1H. The molecule has 0 unspecified atom stereocenters. The molecule has 1 N–H and O–H groups in total. The van der Waals surface area contributed by atoms with Crippen molar-refractivity contribution < 1.29 is 13.9 Å². The van der Waals surface area contributed by atoms with Gasteiger partial charge in [-0.25, -0.2) is 9.78 Å². The number of amides is 1. The minimum absolute atomic E-state index is 0. The highest BCUT2D eigenvalue weighted by atomic mass is 35.5. The summed E-state index contributed by atoms with van der Waals surface area (Å²) in [6.45, 7) is 1.79. The molecule has 0 atom stereocenters.